The first-order valence-corrected chi connectivity index (χ1v) is 7.68. The number of benzene rings is 1. The molecule has 2 fully saturated rings. The van der Waals surface area contributed by atoms with Gasteiger partial charge in [0.1, 0.15) is 5.52 Å². The lowest BCUT2D eigenvalue weighted by Gasteiger charge is -2.32. The van der Waals surface area contributed by atoms with Gasteiger partial charge in [0.25, 0.3) is 0 Å². The highest BCUT2D eigenvalue weighted by Gasteiger charge is 2.37. The van der Waals surface area contributed by atoms with Gasteiger partial charge < -0.3 is 9.67 Å². The summed E-state index contributed by atoms with van der Waals surface area (Å²) in [7, 11) is 0. The van der Waals surface area contributed by atoms with Crippen molar-refractivity contribution in [2.75, 3.05) is 13.1 Å². The van der Waals surface area contributed by atoms with Gasteiger partial charge in [-0.05, 0) is 37.9 Å². The number of hydrogen-bond acceptors (Lipinski definition) is 3. The summed E-state index contributed by atoms with van der Waals surface area (Å²) in [6, 6.07) is 6.45. The van der Waals surface area contributed by atoms with Crippen molar-refractivity contribution in [3.63, 3.8) is 0 Å². The molecule has 2 aliphatic heterocycles. The van der Waals surface area contributed by atoms with Crippen molar-refractivity contribution in [2.45, 2.75) is 37.8 Å². The lowest BCUT2D eigenvalue weighted by Crippen LogP contribution is -2.37. The molecule has 2 saturated heterocycles. The summed E-state index contributed by atoms with van der Waals surface area (Å²) in [5.41, 5.74) is 1.86. The second-order valence-corrected chi connectivity index (χ2v) is 6.09. The fourth-order valence-corrected chi connectivity index (χ4v) is 4.04. The van der Waals surface area contributed by atoms with E-state index in [0.29, 0.717) is 23.2 Å². The van der Waals surface area contributed by atoms with Crippen molar-refractivity contribution in [2.24, 2.45) is 0 Å². The van der Waals surface area contributed by atoms with Crippen molar-refractivity contribution < 1.29 is 9.90 Å². The van der Waals surface area contributed by atoms with E-state index in [9.17, 15) is 9.90 Å². The molecule has 1 aromatic carbocycles. The highest BCUT2D eigenvalue weighted by molar-refractivity contribution is 6.00. The largest absolute Gasteiger partial charge is 0.478 e. The van der Waals surface area contributed by atoms with Crippen LogP contribution in [0.2, 0.25) is 0 Å². The molecule has 2 unspecified atom stereocenters. The molecule has 2 aromatic rings. The highest BCUT2D eigenvalue weighted by Crippen LogP contribution is 2.36. The lowest BCUT2D eigenvalue weighted by molar-refractivity contribution is 0.0699. The molecule has 1 aromatic heterocycles. The van der Waals surface area contributed by atoms with Gasteiger partial charge in [-0.15, -0.1) is 0 Å². The van der Waals surface area contributed by atoms with E-state index in [1.807, 2.05) is 18.5 Å². The van der Waals surface area contributed by atoms with Gasteiger partial charge >= 0.3 is 5.97 Å². The van der Waals surface area contributed by atoms with Crippen LogP contribution in [-0.4, -0.2) is 44.7 Å². The molecule has 3 heterocycles. The number of aromatic nitrogens is 2. The number of carbonyl (C=O) groups is 1. The Hall–Kier alpha value is -1.88. The van der Waals surface area contributed by atoms with E-state index in [2.05, 4.69) is 14.5 Å². The van der Waals surface area contributed by atoms with E-state index >= 15 is 0 Å². The fraction of sp³-hybridized carbons (Fsp3) is 0.500. The molecule has 21 heavy (non-hydrogen) atoms. The van der Waals surface area contributed by atoms with Crippen LogP contribution < -0.4 is 0 Å². The van der Waals surface area contributed by atoms with Gasteiger partial charge in [-0.3, -0.25) is 4.90 Å². The van der Waals surface area contributed by atoms with Crippen LogP contribution in [0.4, 0.5) is 0 Å². The number of para-hydroxylation sites is 1. The molecule has 0 aliphatic carbocycles. The average molecular weight is 285 g/mol. The molecular weight excluding hydrogens is 266 g/mol. The molecule has 5 heteroatoms. The van der Waals surface area contributed by atoms with Crippen molar-refractivity contribution >= 4 is 17.0 Å². The van der Waals surface area contributed by atoms with Gasteiger partial charge in [0.2, 0.25) is 0 Å². The minimum Gasteiger partial charge on any atom is -0.478 e. The Morgan fingerprint density at radius 3 is 2.95 bits per heavy atom. The summed E-state index contributed by atoms with van der Waals surface area (Å²) < 4.78 is 2.21. The maximum atomic E-state index is 11.3. The Morgan fingerprint density at radius 2 is 2.10 bits per heavy atom. The summed E-state index contributed by atoms with van der Waals surface area (Å²) in [6.45, 7) is 2.35. The number of imidazole rings is 1. The zero-order valence-electron chi connectivity index (χ0n) is 11.9. The van der Waals surface area contributed by atoms with Crippen LogP contribution in [0.5, 0.6) is 0 Å². The van der Waals surface area contributed by atoms with Gasteiger partial charge in [0.15, 0.2) is 0 Å². The Bertz CT molecular complexity index is 694. The molecule has 110 valence electrons. The Balaban J connectivity index is 1.77. The maximum Gasteiger partial charge on any atom is 0.337 e. The number of aromatic carboxylic acids is 1. The molecule has 1 N–H and O–H groups in total. The third-order valence-corrected chi connectivity index (χ3v) is 5.01. The van der Waals surface area contributed by atoms with Crippen LogP contribution in [0.1, 0.15) is 42.1 Å². The molecule has 0 radical (unpaired) electrons. The standard InChI is InChI=1S/C16H19N3O2/c20-16(21)11-4-3-6-14-15(11)17-10-19(14)13-7-9-18-8-2-1-5-12(13)18/h3-4,6,10,12-13H,1-2,5,7-9H2,(H,20,21). The van der Waals surface area contributed by atoms with Crippen LogP contribution in [0, 0.1) is 0 Å². The summed E-state index contributed by atoms with van der Waals surface area (Å²) in [6.07, 6.45) is 6.80. The van der Waals surface area contributed by atoms with Crippen molar-refractivity contribution in [3.8, 4) is 0 Å². The van der Waals surface area contributed by atoms with Gasteiger partial charge in [0.05, 0.1) is 23.4 Å². The SMILES string of the molecule is O=C(O)c1cccc2c1ncn2C1CCN2CCCCC12. The summed E-state index contributed by atoms with van der Waals surface area (Å²) >= 11 is 0. The van der Waals surface area contributed by atoms with E-state index in [4.69, 9.17) is 0 Å². The molecule has 2 aliphatic rings. The monoisotopic (exact) mass is 285 g/mol. The first kappa shape index (κ1) is 12.8. The molecule has 2 atom stereocenters. The molecular formula is C16H19N3O2. The predicted octanol–water partition coefficient (Wildman–Crippen LogP) is 2.53. The van der Waals surface area contributed by atoms with Crippen LogP contribution in [0.25, 0.3) is 11.0 Å². The van der Waals surface area contributed by atoms with Crippen LogP contribution in [0.15, 0.2) is 24.5 Å². The van der Waals surface area contributed by atoms with E-state index in [0.717, 1.165) is 18.5 Å². The third-order valence-electron chi connectivity index (χ3n) is 5.01. The first-order valence-electron chi connectivity index (χ1n) is 7.68. The second kappa shape index (κ2) is 4.84. The second-order valence-electron chi connectivity index (χ2n) is 6.09. The van der Waals surface area contributed by atoms with Crippen LogP contribution in [0.3, 0.4) is 0 Å². The third kappa shape index (κ3) is 1.95. The molecule has 0 spiro atoms. The van der Waals surface area contributed by atoms with E-state index in [-0.39, 0.29) is 0 Å². The molecule has 0 amide bonds. The van der Waals surface area contributed by atoms with Gasteiger partial charge in [-0.25, -0.2) is 9.78 Å². The molecule has 5 nitrogen and oxygen atoms in total. The smallest absolute Gasteiger partial charge is 0.337 e. The summed E-state index contributed by atoms with van der Waals surface area (Å²) in [4.78, 5) is 18.3. The van der Waals surface area contributed by atoms with E-state index in [1.54, 1.807) is 6.07 Å². The minimum absolute atomic E-state index is 0.296. The lowest BCUT2D eigenvalue weighted by atomic mass is 9.98. The number of piperidine rings is 1. The normalized spacial score (nSPS) is 26.1. The molecule has 4 rings (SSSR count). The number of rotatable bonds is 2. The van der Waals surface area contributed by atoms with Crippen LogP contribution >= 0.6 is 0 Å². The number of carboxylic acid groups (broad SMARTS) is 1. The van der Waals surface area contributed by atoms with Crippen LogP contribution in [-0.2, 0) is 0 Å². The van der Waals surface area contributed by atoms with Crippen molar-refractivity contribution in [3.05, 3.63) is 30.1 Å². The average Bonchev–Trinajstić information content (AvgIpc) is 3.09. The fourth-order valence-electron chi connectivity index (χ4n) is 4.04. The maximum absolute atomic E-state index is 11.3. The van der Waals surface area contributed by atoms with Gasteiger partial charge in [0, 0.05) is 12.6 Å². The summed E-state index contributed by atoms with van der Waals surface area (Å²) in [5.74, 6) is -0.906. The number of nitrogens with zero attached hydrogens (tertiary/aromatic N) is 3. The summed E-state index contributed by atoms with van der Waals surface area (Å²) in [5, 5.41) is 9.29. The van der Waals surface area contributed by atoms with Crippen molar-refractivity contribution in [1.29, 1.82) is 0 Å². The van der Waals surface area contributed by atoms with Gasteiger partial charge in [-0.2, -0.15) is 0 Å². The van der Waals surface area contributed by atoms with Gasteiger partial charge in [-0.1, -0.05) is 12.5 Å². The first-order chi connectivity index (χ1) is 10.3. The quantitative estimate of drug-likeness (QED) is 0.921. The number of carboxylic acids is 1. The highest BCUT2D eigenvalue weighted by atomic mass is 16.4. The predicted molar refractivity (Wildman–Crippen MR) is 79.6 cm³/mol. The molecule has 0 bridgehead atoms. The molecule has 0 saturated carbocycles. The zero-order valence-corrected chi connectivity index (χ0v) is 11.9. The Kier molecular flexibility index (Phi) is 2.96. The topological polar surface area (TPSA) is 58.4 Å². The Morgan fingerprint density at radius 1 is 1.19 bits per heavy atom. The minimum atomic E-state index is -0.906. The Labute approximate surface area is 123 Å². The zero-order chi connectivity index (χ0) is 14.4. The van der Waals surface area contributed by atoms with Crippen molar-refractivity contribution in [1.82, 2.24) is 14.5 Å². The number of hydrogen-bond donors (Lipinski definition) is 1. The van der Waals surface area contributed by atoms with E-state index < -0.39 is 5.97 Å². The number of fused-ring (bicyclic) bond motifs is 2. The van der Waals surface area contributed by atoms with E-state index in [1.165, 1.54) is 25.8 Å².